The van der Waals surface area contributed by atoms with Gasteiger partial charge in [0.15, 0.2) is 0 Å². The quantitative estimate of drug-likeness (QED) is 0.711. The normalized spacial score (nSPS) is 14.8. The van der Waals surface area contributed by atoms with E-state index in [9.17, 15) is 4.79 Å². The average molecular weight is 286 g/mol. The van der Waals surface area contributed by atoms with Gasteiger partial charge >= 0.3 is 0 Å². The Hall–Kier alpha value is -2.01. The molecule has 1 heterocycles. The molecule has 1 aromatic carbocycles. The number of nitrogens with one attached hydrogen (secondary N) is 2. The minimum absolute atomic E-state index is 0.0587. The van der Waals surface area contributed by atoms with E-state index in [1.807, 2.05) is 24.3 Å². The summed E-state index contributed by atoms with van der Waals surface area (Å²) in [6.45, 7) is 4.81. The highest BCUT2D eigenvalue weighted by atomic mass is 16.1. The number of aromatic nitrogens is 1. The van der Waals surface area contributed by atoms with Crippen LogP contribution in [0.5, 0.6) is 0 Å². The second kappa shape index (κ2) is 5.77. The average Bonchev–Trinajstić information content (AvgIpc) is 3.22. The molecule has 21 heavy (non-hydrogen) atoms. The van der Waals surface area contributed by atoms with E-state index in [-0.39, 0.29) is 5.91 Å². The Morgan fingerprint density at radius 2 is 2.24 bits per heavy atom. The van der Waals surface area contributed by atoms with Gasteiger partial charge in [0.2, 0.25) is 0 Å². The number of carbonyl (C=O) groups excluding carboxylic acids is 1. The minimum Gasteiger partial charge on any atom is -0.399 e. The van der Waals surface area contributed by atoms with Crippen molar-refractivity contribution in [2.45, 2.75) is 25.8 Å². The molecule has 0 spiro atoms. The van der Waals surface area contributed by atoms with Crippen molar-refractivity contribution in [1.82, 2.24) is 15.2 Å². The zero-order valence-electron chi connectivity index (χ0n) is 12.4. The number of fused-ring (bicyclic) bond motifs is 1. The van der Waals surface area contributed by atoms with Crippen LogP contribution in [-0.2, 0) is 0 Å². The lowest BCUT2D eigenvalue weighted by molar-refractivity contribution is 0.0944. The Balaban J connectivity index is 1.58. The fourth-order valence-electron chi connectivity index (χ4n) is 2.72. The van der Waals surface area contributed by atoms with Crippen LogP contribution in [0.1, 0.15) is 30.3 Å². The first-order chi connectivity index (χ1) is 10.2. The molecule has 0 atom stereocenters. The zero-order valence-corrected chi connectivity index (χ0v) is 12.4. The Bertz CT molecular complexity index is 645. The summed E-state index contributed by atoms with van der Waals surface area (Å²) in [6.07, 6.45) is 2.59. The molecule has 5 nitrogen and oxygen atoms in total. The van der Waals surface area contributed by atoms with Crippen LogP contribution in [0.4, 0.5) is 5.69 Å². The van der Waals surface area contributed by atoms with Crippen molar-refractivity contribution < 1.29 is 4.79 Å². The van der Waals surface area contributed by atoms with Gasteiger partial charge in [0, 0.05) is 35.7 Å². The van der Waals surface area contributed by atoms with Crippen molar-refractivity contribution >= 4 is 22.5 Å². The smallest absolute Gasteiger partial charge is 0.267 e. The largest absolute Gasteiger partial charge is 0.399 e. The summed E-state index contributed by atoms with van der Waals surface area (Å²) >= 11 is 0. The predicted molar refractivity (Wildman–Crippen MR) is 85.3 cm³/mol. The van der Waals surface area contributed by atoms with Crippen molar-refractivity contribution in [3.8, 4) is 0 Å². The number of nitrogens with zero attached hydrogens (tertiary/aromatic N) is 1. The molecule has 1 fully saturated rings. The molecule has 1 aliphatic carbocycles. The SMILES string of the molecule is CCN(CCNC(=O)c1cc2cc(N)ccc2[nH]1)C1CC1. The Morgan fingerprint density at radius 1 is 1.43 bits per heavy atom. The van der Waals surface area contributed by atoms with Crippen LogP contribution >= 0.6 is 0 Å². The number of likely N-dealkylation sites (N-methyl/N-ethyl adjacent to an activating group) is 1. The first-order valence-corrected chi connectivity index (χ1v) is 7.58. The molecule has 2 aromatic rings. The number of amides is 1. The number of rotatable bonds is 6. The number of nitrogen functional groups attached to an aromatic ring is 1. The summed E-state index contributed by atoms with van der Waals surface area (Å²) in [7, 11) is 0. The van der Waals surface area contributed by atoms with Crippen molar-refractivity contribution in [1.29, 1.82) is 0 Å². The summed E-state index contributed by atoms with van der Waals surface area (Å²) in [5.41, 5.74) is 7.98. The highest BCUT2D eigenvalue weighted by molar-refractivity contribution is 5.98. The van der Waals surface area contributed by atoms with Gasteiger partial charge in [-0.05, 0) is 43.7 Å². The number of nitrogens with two attached hydrogens (primary N) is 1. The van der Waals surface area contributed by atoms with Gasteiger partial charge in [-0.15, -0.1) is 0 Å². The van der Waals surface area contributed by atoms with Gasteiger partial charge in [0.1, 0.15) is 5.69 Å². The maximum absolute atomic E-state index is 12.2. The standard InChI is InChI=1S/C16H22N4O/c1-2-20(13-4-5-13)8-7-18-16(21)15-10-11-9-12(17)3-6-14(11)19-15/h3,6,9-10,13,19H,2,4-5,7-8,17H2,1H3,(H,18,21). The first kappa shape index (κ1) is 13.9. The molecular weight excluding hydrogens is 264 g/mol. The van der Waals surface area contributed by atoms with Gasteiger partial charge in [-0.1, -0.05) is 6.92 Å². The van der Waals surface area contributed by atoms with Gasteiger partial charge < -0.3 is 16.0 Å². The van der Waals surface area contributed by atoms with Crippen molar-refractivity contribution in [2.75, 3.05) is 25.4 Å². The van der Waals surface area contributed by atoms with Crippen molar-refractivity contribution in [3.05, 3.63) is 30.0 Å². The van der Waals surface area contributed by atoms with Gasteiger partial charge in [-0.3, -0.25) is 9.69 Å². The Labute approximate surface area is 124 Å². The van der Waals surface area contributed by atoms with Crippen LogP contribution in [0.25, 0.3) is 10.9 Å². The van der Waals surface area contributed by atoms with E-state index in [0.29, 0.717) is 17.9 Å². The monoisotopic (exact) mass is 286 g/mol. The molecule has 5 heteroatoms. The van der Waals surface area contributed by atoms with Crippen LogP contribution in [0.15, 0.2) is 24.3 Å². The van der Waals surface area contributed by atoms with E-state index in [1.54, 1.807) is 0 Å². The van der Waals surface area contributed by atoms with Gasteiger partial charge in [-0.2, -0.15) is 0 Å². The topological polar surface area (TPSA) is 74.2 Å². The number of carbonyl (C=O) groups is 1. The molecule has 3 rings (SSSR count). The van der Waals surface area contributed by atoms with Crippen LogP contribution in [0.2, 0.25) is 0 Å². The molecule has 0 radical (unpaired) electrons. The van der Waals surface area contributed by atoms with E-state index in [1.165, 1.54) is 12.8 Å². The molecule has 0 unspecified atom stereocenters. The maximum atomic E-state index is 12.2. The lowest BCUT2D eigenvalue weighted by atomic mass is 10.2. The predicted octanol–water partition coefficient (Wildman–Crippen LogP) is 1.96. The summed E-state index contributed by atoms with van der Waals surface area (Å²) in [5, 5.41) is 3.94. The molecule has 0 aliphatic heterocycles. The molecule has 4 N–H and O–H groups in total. The van der Waals surface area contributed by atoms with Gasteiger partial charge in [0.25, 0.3) is 5.91 Å². The molecule has 1 amide bonds. The number of aromatic amines is 1. The third-order valence-corrected chi connectivity index (χ3v) is 4.04. The third kappa shape index (κ3) is 3.19. The molecule has 1 saturated carbocycles. The fourth-order valence-corrected chi connectivity index (χ4v) is 2.72. The number of hydrogen-bond donors (Lipinski definition) is 3. The van der Waals surface area contributed by atoms with Gasteiger partial charge in [0.05, 0.1) is 0 Å². The summed E-state index contributed by atoms with van der Waals surface area (Å²) in [5.74, 6) is -0.0587. The minimum atomic E-state index is -0.0587. The van der Waals surface area contributed by atoms with Crippen LogP contribution in [0.3, 0.4) is 0 Å². The summed E-state index contributed by atoms with van der Waals surface area (Å²) < 4.78 is 0. The van der Waals surface area contributed by atoms with E-state index in [2.05, 4.69) is 22.1 Å². The summed E-state index contributed by atoms with van der Waals surface area (Å²) in [6, 6.07) is 8.18. The highest BCUT2D eigenvalue weighted by Gasteiger charge is 2.27. The fraction of sp³-hybridized carbons (Fsp3) is 0.438. The number of benzene rings is 1. The second-order valence-corrected chi connectivity index (χ2v) is 5.65. The Kier molecular flexibility index (Phi) is 3.84. The van der Waals surface area contributed by atoms with Crippen LogP contribution in [-0.4, -0.2) is 41.5 Å². The van der Waals surface area contributed by atoms with E-state index in [0.717, 1.165) is 30.0 Å². The van der Waals surface area contributed by atoms with Crippen molar-refractivity contribution in [3.63, 3.8) is 0 Å². The molecular formula is C16H22N4O. The van der Waals surface area contributed by atoms with E-state index in [4.69, 9.17) is 5.73 Å². The molecule has 1 aromatic heterocycles. The molecule has 0 saturated heterocycles. The number of H-pyrrole nitrogens is 1. The lowest BCUT2D eigenvalue weighted by Crippen LogP contribution is -2.36. The summed E-state index contributed by atoms with van der Waals surface area (Å²) in [4.78, 5) is 17.7. The maximum Gasteiger partial charge on any atom is 0.267 e. The van der Waals surface area contributed by atoms with Crippen LogP contribution in [0, 0.1) is 0 Å². The molecule has 0 bridgehead atoms. The van der Waals surface area contributed by atoms with E-state index >= 15 is 0 Å². The van der Waals surface area contributed by atoms with Crippen molar-refractivity contribution in [2.24, 2.45) is 0 Å². The second-order valence-electron chi connectivity index (χ2n) is 5.65. The first-order valence-electron chi connectivity index (χ1n) is 7.58. The highest BCUT2D eigenvalue weighted by Crippen LogP contribution is 2.25. The van der Waals surface area contributed by atoms with E-state index < -0.39 is 0 Å². The lowest BCUT2D eigenvalue weighted by Gasteiger charge is -2.19. The van der Waals surface area contributed by atoms with Gasteiger partial charge in [-0.25, -0.2) is 0 Å². The molecule has 1 aliphatic rings. The number of anilines is 1. The Morgan fingerprint density at radius 3 is 2.95 bits per heavy atom. The third-order valence-electron chi connectivity index (χ3n) is 4.04. The number of hydrogen-bond acceptors (Lipinski definition) is 3. The zero-order chi connectivity index (χ0) is 14.8. The molecule has 112 valence electrons. The van der Waals surface area contributed by atoms with Crippen LogP contribution < -0.4 is 11.1 Å².